The van der Waals surface area contributed by atoms with Crippen LogP contribution in [-0.4, -0.2) is 107 Å². The first-order valence-corrected chi connectivity index (χ1v) is 20.5. The minimum atomic E-state index is -1.08. The lowest BCUT2D eigenvalue weighted by atomic mass is 9.94. The number of pyridine rings is 1. The van der Waals surface area contributed by atoms with Crippen molar-refractivity contribution in [3.8, 4) is 24.1 Å². The number of nitrogens with one attached hydrogen (secondary N) is 1. The second-order valence-electron chi connectivity index (χ2n) is 16.7. The molecule has 3 fully saturated rings. The highest BCUT2D eigenvalue weighted by Gasteiger charge is 2.44. The van der Waals surface area contributed by atoms with E-state index in [1.54, 1.807) is 29.3 Å². The normalized spacial score (nSPS) is 22.5. The number of nitrogens with zero attached hydrogens (tertiary/aromatic N) is 7. The molecule has 2 aromatic carbocycles. The van der Waals surface area contributed by atoms with Gasteiger partial charge in [0.2, 0.25) is 5.91 Å². The molecule has 0 radical (unpaired) electrons. The van der Waals surface area contributed by atoms with Crippen molar-refractivity contribution < 1.29 is 28.2 Å². The molecule has 3 aliphatic heterocycles. The summed E-state index contributed by atoms with van der Waals surface area (Å²) in [4.78, 5) is 35.6. The SMILES string of the molecule is C#Cc1c(F)ccc2cc(O)cc(N3CCc4c(nc(OC[C@]5(C)C[C@@H](F)CN5c5ccc(N6CCOC[C@H]6C)nc5)nc4NCC4(N(C)C(=O)C=C)CCCC4)C3)c12. The number of phenols is 1. The van der Waals surface area contributed by atoms with Crippen LogP contribution in [0.15, 0.2) is 55.3 Å². The number of aromatic nitrogens is 3. The molecule has 5 heterocycles. The Balaban J connectivity index is 1.11. The lowest BCUT2D eigenvalue weighted by Gasteiger charge is -2.39. The molecule has 12 nitrogen and oxygen atoms in total. The summed E-state index contributed by atoms with van der Waals surface area (Å²) >= 11 is 0. The van der Waals surface area contributed by atoms with E-state index in [9.17, 15) is 9.90 Å². The lowest BCUT2D eigenvalue weighted by molar-refractivity contribution is -0.129. The van der Waals surface area contributed by atoms with E-state index in [4.69, 9.17) is 30.8 Å². The molecular formula is C45H52F2N8O4. The van der Waals surface area contributed by atoms with Gasteiger partial charge < -0.3 is 39.5 Å². The van der Waals surface area contributed by atoms with Crippen molar-refractivity contribution in [3.05, 3.63) is 77.9 Å². The van der Waals surface area contributed by atoms with E-state index in [0.29, 0.717) is 60.7 Å². The molecule has 310 valence electrons. The number of rotatable bonds is 11. The molecule has 2 aromatic heterocycles. The molecule has 0 unspecified atom stereocenters. The Bertz CT molecular complexity index is 2280. The summed E-state index contributed by atoms with van der Waals surface area (Å²) in [5.74, 6) is 3.34. The Morgan fingerprint density at radius 2 is 2.03 bits per heavy atom. The van der Waals surface area contributed by atoms with Gasteiger partial charge in [0.15, 0.2) is 0 Å². The number of terminal acetylenes is 1. The van der Waals surface area contributed by atoms with Crippen molar-refractivity contribution in [2.24, 2.45) is 0 Å². The second-order valence-corrected chi connectivity index (χ2v) is 16.7. The number of carbonyl (C=O) groups excluding carboxylic acids is 1. The van der Waals surface area contributed by atoms with E-state index < -0.39 is 23.1 Å². The number of likely N-dealkylation sites (N-methyl/N-ethyl adjacent to an activating group) is 1. The molecule has 1 saturated carbocycles. The van der Waals surface area contributed by atoms with Gasteiger partial charge in [0.05, 0.1) is 66.6 Å². The third-order valence-electron chi connectivity index (χ3n) is 12.8. The third kappa shape index (κ3) is 7.68. The van der Waals surface area contributed by atoms with Crippen LogP contribution in [0.5, 0.6) is 11.8 Å². The maximum Gasteiger partial charge on any atom is 0.318 e. The number of phenolic OH excluding ortho intramolecular Hbond substituents is 1. The van der Waals surface area contributed by atoms with Crippen molar-refractivity contribution in [2.75, 3.05) is 73.1 Å². The number of aromatic hydroxyl groups is 1. The van der Waals surface area contributed by atoms with Crippen LogP contribution in [-0.2, 0) is 22.5 Å². The summed E-state index contributed by atoms with van der Waals surface area (Å²) in [6, 6.07) is 10.4. The summed E-state index contributed by atoms with van der Waals surface area (Å²) < 4.78 is 42.5. The number of hydrogen-bond donors (Lipinski definition) is 2. The van der Waals surface area contributed by atoms with Crippen LogP contribution in [0.25, 0.3) is 10.8 Å². The molecule has 1 aliphatic carbocycles. The third-order valence-corrected chi connectivity index (χ3v) is 12.8. The van der Waals surface area contributed by atoms with Gasteiger partial charge in [0.25, 0.3) is 0 Å². The number of morpholine rings is 1. The number of amides is 1. The van der Waals surface area contributed by atoms with Crippen molar-refractivity contribution in [1.82, 2.24) is 19.9 Å². The zero-order valence-electron chi connectivity index (χ0n) is 34.0. The summed E-state index contributed by atoms with van der Waals surface area (Å²) in [7, 11) is 1.82. The van der Waals surface area contributed by atoms with Gasteiger partial charge in [-0.3, -0.25) is 4.79 Å². The average Bonchev–Trinajstić information content (AvgIpc) is 3.85. The standard InChI is InChI=1S/C45H52F2N8O4/c1-6-34-36(47)12-10-30-20-33(56)21-38(41(30)34)53-17-14-35-37(25-53)50-43(51-42(35)49-27-45(15-8-9-16-45)52(5)40(57)7-2)59-28-44(4)22-31(46)24-55(44)32-11-13-39(48-23-32)54-18-19-58-26-29(54)3/h1,7,10-13,20-21,23,29,31,56H,2,8-9,14-19,22,24-28H2,3-5H3,(H,49,50,51)/t29-,31-,44+/m1/s1. The summed E-state index contributed by atoms with van der Waals surface area (Å²) in [6.07, 6.45) is 12.3. The Morgan fingerprint density at radius 1 is 1.22 bits per heavy atom. The maximum atomic E-state index is 15.4. The van der Waals surface area contributed by atoms with Crippen LogP contribution in [0, 0.1) is 18.2 Å². The molecule has 59 heavy (non-hydrogen) atoms. The Labute approximate surface area is 344 Å². The van der Waals surface area contributed by atoms with Crippen molar-refractivity contribution >= 4 is 39.7 Å². The maximum absolute atomic E-state index is 15.4. The zero-order chi connectivity index (χ0) is 41.5. The highest BCUT2D eigenvalue weighted by Crippen LogP contribution is 2.41. The lowest BCUT2D eigenvalue weighted by Crippen LogP contribution is -2.51. The number of benzene rings is 2. The monoisotopic (exact) mass is 806 g/mol. The number of hydrogen-bond acceptors (Lipinski definition) is 11. The summed E-state index contributed by atoms with van der Waals surface area (Å²) in [5.41, 5.74) is 1.91. The van der Waals surface area contributed by atoms with E-state index >= 15 is 8.78 Å². The number of alkyl halides is 1. The van der Waals surface area contributed by atoms with Crippen molar-refractivity contribution in [2.45, 2.75) is 82.2 Å². The van der Waals surface area contributed by atoms with Crippen molar-refractivity contribution in [3.63, 3.8) is 0 Å². The Morgan fingerprint density at radius 3 is 2.76 bits per heavy atom. The number of ether oxygens (including phenoxy) is 2. The minimum absolute atomic E-state index is 0.0306. The molecule has 14 heteroatoms. The van der Waals surface area contributed by atoms with E-state index in [1.807, 2.05) is 35.9 Å². The predicted octanol–water partition coefficient (Wildman–Crippen LogP) is 6.39. The first-order chi connectivity index (χ1) is 28.4. The van der Waals surface area contributed by atoms with E-state index in [0.717, 1.165) is 49.3 Å². The molecule has 4 aliphatic rings. The number of carbonyl (C=O) groups is 1. The minimum Gasteiger partial charge on any atom is -0.508 e. The molecule has 0 spiro atoms. The highest BCUT2D eigenvalue weighted by molar-refractivity contribution is 6.00. The van der Waals surface area contributed by atoms with Gasteiger partial charge in [-0.15, -0.1) is 6.42 Å². The van der Waals surface area contributed by atoms with E-state index in [1.165, 1.54) is 12.1 Å². The predicted molar refractivity (Wildman–Crippen MR) is 226 cm³/mol. The van der Waals surface area contributed by atoms with Gasteiger partial charge in [-0.1, -0.05) is 31.4 Å². The molecule has 3 atom stereocenters. The van der Waals surface area contributed by atoms with Gasteiger partial charge in [-0.2, -0.15) is 9.97 Å². The van der Waals surface area contributed by atoms with Gasteiger partial charge >= 0.3 is 6.01 Å². The van der Waals surface area contributed by atoms with Crippen LogP contribution in [0.4, 0.5) is 31.8 Å². The quantitative estimate of drug-likeness (QED) is 0.130. The van der Waals surface area contributed by atoms with Crippen LogP contribution in [0.1, 0.15) is 62.8 Å². The first kappa shape index (κ1) is 40.1. The second kappa shape index (κ2) is 16.2. The Kier molecular flexibility index (Phi) is 11.0. The molecule has 1 amide bonds. The highest BCUT2D eigenvalue weighted by atomic mass is 19.1. The van der Waals surface area contributed by atoms with Crippen molar-refractivity contribution in [1.29, 1.82) is 0 Å². The fourth-order valence-electron chi connectivity index (χ4n) is 9.52. The summed E-state index contributed by atoms with van der Waals surface area (Å²) in [6.45, 7) is 11.4. The van der Waals surface area contributed by atoms with Gasteiger partial charge in [0.1, 0.15) is 36.0 Å². The fraction of sp³-hybridized carbons (Fsp3) is 0.467. The Hall–Kier alpha value is -5.68. The molecular weight excluding hydrogens is 755 g/mol. The van der Waals surface area contributed by atoms with Crippen LogP contribution in [0.3, 0.4) is 0 Å². The van der Waals surface area contributed by atoms with Crippen LogP contribution < -0.4 is 24.8 Å². The molecule has 2 N–H and O–H groups in total. The molecule has 8 rings (SSSR count). The molecule has 2 saturated heterocycles. The number of anilines is 4. The van der Waals surface area contributed by atoms with E-state index in [2.05, 4.69) is 29.6 Å². The topological polar surface area (TPSA) is 119 Å². The average molecular weight is 807 g/mol. The van der Waals surface area contributed by atoms with Crippen LogP contribution in [0.2, 0.25) is 0 Å². The largest absolute Gasteiger partial charge is 0.508 e. The number of halogens is 2. The van der Waals surface area contributed by atoms with E-state index in [-0.39, 0.29) is 55.4 Å². The van der Waals surface area contributed by atoms with Gasteiger partial charge in [-0.25, -0.2) is 13.8 Å². The molecule has 4 aromatic rings. The summed E-state index contributed by atoms with van der Waals surface area (Å²) in [5, 5.41) is 15.5. The zero-order valence-corrected chi connectivity index (χ0v) is 34.0. The smallest absolute Gasteiger partial charge is 0.318 e. The number of fused-ring (bicyclic) bond motifs is 2. The van der Waals surface area contributed by atoms with Gasteiger partial charge in [-0.05, 0) is 68.8 Å². The fourth-order valence-corrected chi connectivity index (χ4v) is 9.52. The first-order valence-electron chi connectivity index (χ1n) is 20.5. The van der Waals surface area contributed by atoms with Gasteiger partial charge in [0, 0.05) is 55.8 Å². The molecule has 0 bridgehead atoms. The van der Waals surface area contributed by atoms with Crippen LogP contribution >= 0.6 is 0 Å².